The molecule has 0 aliphatic heterocycles. The van der Waals surface area contributed by atoms with Crippen LogP contribution in [0.3, 0.4) is 0 Å². The fourth-order valence-corrected chi connectivity index (χ4v) is 2.85. The smallest absolute Gasteiger partial charge is 0.244 e. The molecule has 3 rings (SSSR count). The molecule has 0 heterocycles. The van der Waals surface area contributed by atoms with Crippen LogP contribution in [-0.4, -0.2) is 12.5 Å². The second-order valence-electron chi connectivity index (χ2n) is 6.10. The van der Waals surface area contributed by atoms with Gasteiger partial charge in [0, 0.05) is 6.08 Å². The maximum atomic E-state index is 12.5. The van der Waals surface area contributed by atoms with Crippen molar-refractivity contribution in [3.05, 3.63) is 108 Å². The van der Waals surface area contributed by atoms with E-state index < -0.39 is 0 Å². The van der Waals surface area contributed by atoms with Gasteiger partial charge in [0.25, 0.3) is 0 Å². The molecule has 0 saturated heterocycles. The van der Waals surface area contributed by atoms with E-state index in [9.17, 15) is 4.79 Å². The molecule has 0 aliphatic carbocycles. The van der Waals surface area contributed by atoms with Crippen LogP contribution in [0.1, 0.15) is 29.7 Å². The first-order chi connectivity index (χ1) is 13.3. The van der Waals surface area contributed by atoms with Crippen LogP contribution in [-0.2, 0) is 4.79 Å². The summed E-state index contributed by atoms with van der Waals surface area (Å²) in [6.07, 6.45) is 3.37. The molecular formula is C24H23NO2. The summed E-state index contributed by atoms with van der Waals surface area (Å²) in [5.41, 5.74) is 3.04. The van der Waals surface area contributed by atoms with Gasteiger partial charge in [0.2, 0.25) is 5.91 Å². The lowest BCUT2D eigenvalue weighted by Gasteiger charge is -2.19. The van der Waals surface area contributed by atoms with Crippen LogP contribution in [0.25, 0.3) is 6.08 Å². The van der Waals surface area contributed by atoms with Crippen molar-refractivity contribution in [2.75, 3.05) is 6.61 Å². The van der Waals surface area contributed by atoms with Crippen LogP contribution in [0, 0.1) is 0 Å². The highest BCUT2D eigenvalue weighted by Gasteiger charge is 2.15. The summed E-state index contributed by atoms with van der Waals surface area (Å²) in [5, 5.41) is 3.10. The van der Waals surface area contributed by atoms with Crippen molar-refractivity contribution >= 4 is 12.0 Å². The highest BCUT2D eigenvalue weighted by molar-refractivity contribution is 5.92. The summed E-state index contributed by atoms with van der Waals surface area (Å²) in [7, 11) is 0. The van der Waals surface area contributed by atoms with Gasteiger partial charge < -0.3 is 10.1 Å². The second kappa shape index (κ2) is 9.39. The number of hydrogen-bond acceptors (Lipinski definition) is 2. The van der Waals surface area contributed by atoms with Crippen molar-refractivity contribution < 1.29 is 9.53 Å². The van der Waals surface area contributed by atoms with E-state index in [2.05, 4.69) is 5.32 Å². The summed E-state index contributed by atoms with van der Waals surface area (Å²) in [6.45, 7) is 2.59. The van der Waals surface area contributed by atoms with E-state index in [4.69, 9.17) is 4.74 Å². The number of carbonyl (C=O) groups is 1. The van der Waals surface area contributed by atoms with Crippen molar-refractivity contribution in [1.29, 1.82) is 0 Å². The molecule has 3 aromatic carbocycles. The maximum absolute atomic E-state index is 12.5. The quantitative estimate of drug-likeness (QED) is 0.604. The molecule has 0 radical (unpaired) electrons. The fourth-order valence-electron chi connectivity index (χ4n) is 2.85. The fraction of sp³-hybridized carbons (Fsp3) is 0.125. The van der Waals surface area contributed by atoms with Crippen molar-refractivity contribution in [1.82, 2.24) is 5.32 Å². The number of amides is 1. The minimum Gasteiger partial charge on any atom is -0.494 e. The molecule has 27 heavy (non-hydrogen) atoms. The number of rotatable bonds is 7. The van der Waals surface area contributed by atoms with E-state index in [1.54, 1.807) is 12.2 Å². The van der Waals surface area contributed by atoms with Crippen molar-refractivity contribution in [2.45, 2.75) is 13.0 Å². The first-order valence-corrected chi connectivity index (χ1v) is 9.07. The van der Waals surface area contributed by atoms with Gasteiger partial charge in [-0.1, -0.05) is 72.8 Å². The number of ether oxygens (including phenoxy) is 1. The molecule has 3 heteroatoms. The third kappa shape index (κ3) is 5.32. The molecule has 136 valence electrons. The average molecular weight is 357 g/mol. The van der Waals surface area contributed by atoms with Gasteiger partial charge in [-0.05, 0) is 41.8 Å². The molecule has 1 amide bonds. The third-order valence-corrected chi connectivity index (χ3v) is 4.17. The van der Waals surface area contributed by atoms with Crippen LogP contribution < -0.4 is 10.1 Å². The Labute approximate surface area is 160 Å². The second-order valence-corrected chi connectivity index (χ2v) is 6.10. The van der Waals surface area contributed by atoms with Crippen LogP contribution >= 0.6 is 0 Å². The Morgan fingerprint density at radius 1 is 0.889 bits per heavy atom. The predicted octanol–water partition coefficient (Wildman–Crippen LogP) is 5.00. The van der Waals surface area contributed by atoms with Gasteiger partial charge in [-0.25, -0.2) is 0 Å². The summed E-state index contributed by atoms with van der Waals surface area (Å²) in [5.74, 6) is 0.689. The van der Waals surface area contributed by atoms with E-state index in [0.29, 0.717) is 6.61 Å². The minimum atomic E-state index is -0.190. The normalized spacial score (nSPS) is 10.9. The first kappa shape index (κ1) is 18.5. The van der Waals surface area contributed by atoms with Crippen molar-refractivity contribution in [2.24, 2.45) is 0 Å². The zero-order valence-electron chi connectivity index (χ0n) is 15.3. The van der Waals surface area contributed by atoms with Gasteiger partial charge in [-0.3, -0.25) is 4.79 Å². The number of hydrogen-bond donors (Lipinski definition) is 1. The van der Waals surface area contributed by atoms with Gasteiger partial charge in [-0.15, -0.1) is 0 Å². The highest BCUT2D eigenvalue weighted by Crippen LogP contribution is 2.21. The molecule has 0 fully saturated rings. The van der Waals surface area contributed by atoms with Crippen molar-refractivity contribution in [3.63, 3.8) is 0 Å². The molecule has 0 spiro atoms. The van der Waals surface area contributed by atoms with E-state index in [1.165, 1.54) is 0 Å². The molecule has 0 aliphatic rings. The largest absolute Gasteiger partial charge is 0.494 e. The predicted molar refractivity (Wildman–Crippen MR) is 110 cm³/mol. The maximum Gasteiger partial charge on any atom is 0.244 e. The van der Waals surface area contributed by atoms with Gasteiger partial charge in [0.05, 0.1) is 12.6 Å². The van der Waals surface area contributed by atoms with E-state index in [1.807, 2.05) is 91.9 Å². The van der Waals surface area contributed by atoms with Gasteiger partial charge >= 0.3 is 0 Å². The molecule has 1 N–H and O–H groups in total. The SMILES string of the molecule is CCOc1ccc(/C=C/C(=O)NC(c2ccccc2)c2ccccc2)cc1. The third-order valence-electron chi connectivity index (χ3n) is 4.17. The summed E-state index contributed by atoms with van der Waals surface area (Å²) in [6, 6.07) is 27.4. The Balaban J connectivity index is 1.73. The molecule has 3 nitrogen and oxygen atoms in total. The zero-order valence-corrected chi connectivity index (χ0v) is 15.3. The minimum absolute atomic E-state index is 0.137. The van der Waals surface area contributed by atoms with Crippen molar-refractivity contribution in [3.8, 4) is 5.75 Å². The standard InChI is InChI=1S/C24H23NO2/c1-2-27-22-16-13-19(14-17-22)15-18-23(26)25-24(20-9-5-3-6-10-20)21-11-7-4-8-12-21/h3-18,24H,2H2,1H3,(H,25,26)/b18-15+. The lowest BCUT2D eigenvalue weighted by Crippen LogP contribution is -2.27. The molecule has 0 aromatic heterocycles. The van der Waals surface area contributed by atoms with Crippen LogP contribution in [0.15, 0.2) is 91.0 Å². The molecule has 0 unspecified atom stereocenters. The Bertz CT molecular complexity index is 832. The van der Waals surface area contributed by atoms with E-state index >= 15 is 0 Å². The summed E-state index contributed by atoms with van der Waals surface area (Å²) in [4.78, 5) is 12.5. The van der Waals surface area contributed by atoms with E-state index in [-0.39, 0.29) is 11.9 Å². The molecule has 0 saturated carbocycles. The highest BCUT2D eigenvalue weighted by atomic mass is 16.5. The number of carbonyl (C=O) groups excluding carboxylic acids is 1. The topological polar surface area (TPSA) is 38.3 Å². The number of benzene rings is 3. The molecule has 3 aromatic rings. The monoisotopic (exact) mass is 357 g/mol. The average Bonchev–Trinajstić information content (AvgIpc) is 2.73. The van der Waals surface area contributed by atoms with Gasteiger partial charge in [-0.2, -0.15) is 0 Å². The summed E-state index contributed by atoms with van der Waals surface area (Å²) < 4.78 is 5.43. The van der Waals surface area contributed by atoms with E-state index in [0.717, 1.165) is 22.4 Å². The molecule has 0 bridgehead atoms. The number of nitrogens with one attached hydrogen (secondary N) is 1. The van der Waals surface area contributed by atoms with Crippen LogP contribution in [0.2, 0.25) is 0 Å². The molecule has 0 atom stereocenters. The van der Waals surface area contributed by atoms with Crippen LogP contribution in [0.4, 0.5) is 0 Å². The lowest BCUT2D eigenvalue weighted by molar-refractivity contribution is -0.116. The zero-order chi connectivity index (χ0) is 18.9. The Morgan fingerprint density at radius 3 is 1.96 bits per heavy atom. The van der Waals surface area contributed by atoms with Crippen LogP contribution in [0.5, 0.6) is 5.75 Å². The Morgan fingerprint density at radius 2 is 1.44 bits per heavy atom. The van der Waals surface area contributed by atoms with Gasteiger partial charge in [0.15, 0.2) is 0 Å². The van der Waals surface area contributed by atoms with Gasteiger partial charge in [0.1, 0.15) is 5.75 Å². The lowest BCUT2D eigenvalue weighted by atomic mass is 9.98. The first-order valence-electron chi connectivity index (χ1n) is 9.07. The molecular weight excluding hydrogens is 334 g/mol. The summed E-state index contributed by atoms with van der Waals surface area (Å²) >= 11 is 0. The Hall–Kier alpha value is -3.33. The Kier molecular flexibility index (Phi) is 6.42.